The molecule has 21 heavy (non-hydrogen) atoms. The van der Waals surface area contributed by atoms with Crippen LogP contribution in [-0.4, -0.2) is 18.7 Å². The number of hydrogen-bond acceptors (Lipinski definition) is 3. The lowest BCUT2D eigenvalue weighted by molar-refractivity contribution is -0.116. The van der Waals surface area contributed by atoms with E-state index in [1.165, 1.54) is 16.7 Å². The fourth-order valence-electron chi connectivity index (χ4n) is 4.22. The van der Waals surface area contributed by atoms with Crippen LogP contribution in [0.25, 0.3) is 0 Å². The second kappa shape index (κ2) is 5.13. The molecule has 0 aromatic rings. The molecule has 0 amide bonds. The van der Waals surface area contributed by atoms with Gasteiger partial charge in [-0.15, -0.1) is 0 Å². The van der Waals surface area contributed by atoms with Crippen LogP contribution in [0.2, 0.25) is 0 Å². The SMILES string of the molecule is CCCC1=C2C(=C3C(C)=CC(=O)C[C@]13C)OCOC2CC. The molecule has 2 aliphatic carbocycles. The first-order valence-electron chi connectivity index (χ1n) is 7.97. The van der Waals surface area contributed by atoms with E-state index >= 15 is 0 Å². The van der Waals surface area contributed by atoms with E-state index in [-0.39, 0.29) is 17.3 Å². The van der Waals surface area contributed by atoms with E-state index in [1.807, 2.05) is 6.92 Å². The minimum atomic E-state index is -0.197. The van der Waals surface area contributed by atoms with Gasteiger partial charge in [0.15, 0.2) is 12.6 Å². The Morgan fingerprint density at radius 2 is 2.14 bits per heavy atom. The summed E-state index contributed by atoms with van der Waals surface area (Å²) in [7, 11) is 0. The Bertz CT molecular complexity index is 579. The molecular formula is C18H24O3. The maximum absolute atomic E-state index is 12.1. The van der Waals surface area contributed by atoms with Crippen LogP contribution in [0, 0.1) is 5.41 Å². The zero-order chi connectivity index (χ0) is 15.2. The summed E-state index contributed by atoms with van der Waals surface area (Å²) in [6, 6.07) is 0. The zero-order valence-corrected chi connectivity index (χ0v) is 13.4. The van der Waals surface area contributed by atoms with Gasteiger partial charge in [-0.05, 0) is 37.0 Å². The van der Waals surface area contributed by atoms with E-state index in [4.69, 9.17) is 9.47 Å². The van der Waals surface area contributed by atoms with Gasteiger partial charge < -0.3 is 9.47 Å². The number of fused-ring (bicyclic) bond motifs is 2. The van der Waals surface area contributed by atoms with Crippen molar-refractivity contribution in [1.29, 1.82) is 0 Å². The molecule has 114 valence electrons. The summed E-state index contributed by atoms with van der Waals surface area (Å²) in [5.41, 5.74) is 4.68. The Labute approximate surface area is 126 Å². The van der Waals surface area contributed by atoms with Crippen molar-refractivity contribution in [2.24, 2.45) is 5.41 Å². The maximum Gasteiger partial charge on any atom is 0.189 e. The van der Waals surface area contributed by atoms with E-state index in [2.05, 4.69) is 20.8 Å². The smallest absolute Gasteiger partial charge is 0.189 e. The highest BCUT2D eigenvalue weighted by Gasteiger charge is 2.49. The van der Waals surface area contributed by atoms with Gasteiger partial charge in [0.25, 0.3) is 0 Å². The van der Waals surface area contributed by atoms with Crippen molar-refractivity contribution < 1.29 is 14.3 Å². The summed E-state index contributed by atoms with van der Waals surface area (Å²) >= 11 is 0. The van der Waals surface area contributed by atoms with E-state index in [0.717, 1.165) is 30.6 Å². The van der Waals surface area contributed by atoms with Crippen molar-refractivity contribution in [3.63, 3.8) is 0 Å². The molecule has 0 spiro atoms. The van der Waals surface area contributed by atoms with Crippen LogP contribution in [0.4, 0.5) is 0 Å². The first-order chi connectivity index (χ1) is 10.0. The molecule has 1 fully saturated rings. The highest BCUT2D eigenvalue weighted by atomic mass is 16.7. The predicted octanol–water partition coefficient (Wildman–Crippen LogP) is 4.06. The molecule has 1 saturated heterocycles. The lowest BCUT2D eigenvalue weighted by Crippen LogP contribution is -2.28. The van der Waals surface area contributed by atoms with Gasteiger partial charge in [0.1, 0.15) is 5.76 Å². The lowest BCUT2D eigenvalue weighted by Gasteiger charge is -2.34. The number of carbonyl (C=O) groups is 1. The van der Waals surface area contributed by atoms with Gasteiger partial charge in [0.2, 0.25) is 0 Å². The Kier molecular flexibility index (Phi) is 3.56. The van der Waals surface area contributed by atoms with Gasteiger partial charge in [0, 0.05) is 23.0 Å². The van der Waals surface area contributed by atoms with E-state index in [1.54, 1.807) is 6.08 Å². The molecule has 3 rings (SSSR count). The molecule has 0 saturated carbocycles. The predicted molar refractivity (Wildman–Crippen MR) is 81.6 cm³/mol. The number of carbonyl (C=O) groups excluding carboxylic acids is 1. The minimum absolute atomic E-state index is 0.105. The molecule has 3 aliphatic rings. The largest absolute Gasteiger partial charge is 0.467 e. The molecule has 1 aliphatic heterocycles. The highest BCUT2D eigenvalue weighted by molar-refractivity contribution is 5.95. The molecule has 3 heteroatoms. The Balaban J connectivity index is 2.22. The van der Waals surface area contributed by atoms with Gasteiger partial charge in [-0.2, -0.15) is 0 Å². The number of allylic oxidation sites excluding steroid dienone is 4. The molecule has 0 radical (unpaired) electrons. The third-order valence-electron chi connectivity index (χ3n) is 4.98. The summed E-state index contributed by atoms with van der Waals surface area (Å²) in [6.45, 7) is 8.89. The number of rotatable bonds is 3. The normalized spacial score (nSPS) is 31.9. The van der Waals surface area contributed by atoms with Crippen LogP contribution in [-0.2, 0) is 14.3 Å². The van der Waals surface area contributed by atoms with Crippen LogP contribution in [0.1, 0.15) is 53.4 Å². The Hall–Kier alpha value is -1.35. The van der Waals surface area contributed by atoms with Crippen molar-refractivity contribution in [2.45, 2.75) is 59.5 Å². The first kappa shape index (κ1) is 14.6. The molecule has 0 N–H and O–H groups in total. The van der Waals surface area contributed by atoms with Gasteiger partial charge in [-0.1, -0.05) is 27.2 Å². The van der Waals surface area contributed by atoms with Gasteiger partial charge in [-0.25, -0.2) is 0 Å². The standard InChI is InChI=1S/C18H24O3/c1-5-7-13-15-14(6-2)20-10-21-17(15)16-11(3)8-12(19)9-18(13,16)4/h8,14H,5-7,9-10H2,1-4H3/t14?,18-/m1/s1. The van der Waals surface area contributed by atoms with E-state index in [0.29, 0.717) is 13.2 Å². The summed E-state index contributed by atoms with van der Waals surface area (Å²) in [4.78, 5) is 12.1. The maximum atomic E-state index is 12.1. The van der Waals surface area contributed by atoms with Crippen molar-refractivity contribution in [3.8, 4) is 0 Å². The van der Waals surface area contributed by atoms with Crippen molar-refractivity contribution >= 4 is 5.78 Å². The van der Waals surface area contributed by atoms with Crippen molar-refractivity contribution in [2.75, 3.05) is 6.79 Å². The topological polar surface area (TPSA) is 35.5 Å². The molecule has 3 nitrogen and oxygen atoms in total. The van der Waals surface area contributed by atoms with E-state index < -0.39 is 0 Å². The third-order valence-corrected chi connectivity index (χ3v) is 4.98. The van der Waals surface area contributed by atoms with Crippen molar-refractivity contribution in [3.05, 3.63) is 34.1 Å². The summed E-state index contributed by atoms with van der Waals surface area (Å²) in [5.74, 6) is 1.22. The zero-order valence-electron chi connectivity index (χ0n) is 13.4. The quantitative estimate of drug-likeness (QED) is 0.785. The molecule has 0 aromatic carbocycles. The average molecular weight is 288 g/mol. The van der Waals surface area contributed by atoms with Crippen LogP contribution in [0.5, 0.6) is 0 Å². The molecule has 0 aromatic heterocycles. The van der Waals surface area contributed by atoms with E-state index in [9.17, 15) is 4.79 Å². The third kappa shape index (κ3) is 2.02. The van der Waals surface area contributed by atoms with Gasteiger partial charge in [0.05, 0.1) is 6.10 Å². The number of ketones is 1. The van der Waals surface area contributed by atoms with Crippen LogP contribution < -0.4 is 0 Å². The second-order valence-electron chi connectivity index (χ2n) is 6.47. The minimum Gasteiger partial charge on any atom is -0.467 e. The molecule has 1 unspecified atom stereocenters. The summed E-state index contributed by atoms with van der Waals surface area (Å²) < 4.78 is 11.7. The molecular weight excluding hydrogens is 264 g/mol. The fourth-order valence-corrected chi connectivity index (χ4v) is 4.22. The first-order valence-corrected chi connectivity index (χ1v) is 7.97. The monoisotopic (exact) mass is 288 g/mol. The number of ether oxygens (including phenoxy) is 2. The van der Waals surface area contributed by atoms with Crippen LogP contribution in [0.15, 0.2) is 34.1 Å². The average Bonchev–Trinajstić information content (AvgIpc) is 2.68. The number of hydrogen-bond donors (Lipinski definition) is 0. The Morgan fingerprint density at radius 3 is 2.81 bits per heavy atom. The highest BCUT2D eigenvalue weighted by Crippen LogP contribution is 2.57. The van der Waals surface area contributed by atoms with Crippen LogP contribution in [0.3, 0.4) is 0 Å². The van der Waals surface area contributed by atoms with Gasteiger partial charge >= 0.3 is 0 Å². The molecule has 1 heterocycles. The fraction of sp³-hybridized carbons (Fsp3) is 0.611. The second-order valence-corrected chi connectivity index (χ2v) is 6.47. The van der Waals surface area contributed by atoms with Crippen LogP contribution >= 0.6 is 0 Å². The molecule has 2 atom stereocenters. The Morgan fingerprint density at radius 1 is 1.38 bits per heavy atom. The van der Waals surface area contributed by atoms with Gasteiger partial charge in [-0.3, -0.25) is 4.79 Å². The summed E-state index contributed by atoms with van der Waals surface area (Å²) in [5, 5.41) is 0. The lowest BCUT2D eigenvalue weighted by atomic mass is 9.68. The summed E-state index contributed by atoms with van der Waals surface area (Å²) in [6.07, 6.45) is 5.45. The molecule has 0 bridgehead atoms. The van der Waals surface area contributed by atoms with Crippen molar-refractivity contribution in [1.82, 2.24) is 0 Å².